The Kier molecular flexibility index (Phi) is 7.48. The molecule has 0 bridgehead atoms. The molecule has 238 valence electrons. The van der Waals surface area contributed by atoms with Gasteiger partial charge in [-0.25, -0.2) is 0 Å². The van der Waals surface area contributed by atoms with Gasteiger partial charge in [-0.05, 0) is 0 Å². The number of hydrogen-bond acceptors (Lipinski definition) is 7. The van der Waals surface area contributed by atoms with Crippen molar-refractivity contribution in [3.8, 4) is 28.7 Å². The summed E-state index contributed by atoms with van der Waals surface area (Å²) in [6.07, 6.45) is 1.77. The van der Waals surface area contributed by atoms with Gasteiger partial charge in [0.1, 0.15) is 0 Å². The monoisotopic (exact) mass is 737 g/mol. The van der Waals surface area contributed by atoms with E-state index >= 15 is 0 Å². The van der Waals surface area contributed by atoms with Crippen molar-refractivity contribution in [3.05, 3.63) is 75.9 Å². The van der Waals surface area contributed by atoms with E-state index < -0.39 is 30.2 Å². The molecule has 46 heavy (non-hydrogen) atoms. The van der Waals surface area contributed by atoms with E-state index in [1.165, 1.54) is 6.33 Å². The first-order valence-corrected chi connectivity index (χ1v) is 25.4. The molecule has 2 saturated carbocycles. The van der Waals surface area contributed by atoms with Gasteiger partial charge in [0.15, 0.2) is 0 Å². The third-order valence-corrected chi connectivity index (χ3v) is 14.3. The Hall–Kier alpha value is -3.81. The normalized spacial score (nSPS) is 15.5. The molecule has 1 aromatic carbocycles. The van der Waals surface area contributed by atoms with Crippen LogP contribution in [0.25, 0.3) is 33.8 Å². The van der Waals surface area contributed by atoms with Crippen molar-refractivity contribution in [3.63, 3.8) is 0 Å². The van der Waals surface area contributed by atoms with Crippen molar-refractivity contribution in [1.29, 1.82) is 0 Å². The number of ether oxygens (including phenoxy) is 1. The van der Waals surface area contributed by atoms with Gasteiger partial charge in [0, 0.05) is 0 Å². The van der Waals surface area contributed by atoms with Crippen LogP contribution in [0.1, 0.15) is 60.3 Å². The maximum atomic E-state index is 14.2. The summed E-state index contributed by atoms with van der Waals surface area (Å²) in [6.45, 7) is 2.15. The van der Waals surface area contributed by atoms with Gasteiger partial charge in [-0.15, -0.1) is 0 Å². The topological polar surface area (TPSA) is 101 Å². The van der Waals surface area contributed by atoms with Crippen molar-refractivity contribution in [2.45, 2.75) is 72.1 Å². The fourth-order valence-electron chi connectivity index (χ4n) is 5.91. The van der Waals surface area contributed by atoms with Crippen molar-refractivity contribution in [2.75, 3.05) is 7.11 Å². The van der Waals surface area contributed by atoms with E-state index in [0.717, 1.165) is 57.8 Å². The number of halogens is 3. The standard InChI is InChI=1S/C30H25F3N7O2.3CH3.Sn/c1-16-21-11-12-23(41)40(28(21)38-26(36-16)24-25(18-7-8-18)34-15-35-29(24)42-2)13-17-3-5-19(6-4-17)27-37-22(30(31,32)33)14-39(27)20-9-10-20;;;;/h3-6,11,14-15,18,20H,7-10,13H2,1-2H3;3*1H3;. The molecular weight excluding hydrogens is 702 g/mol. The van der Waals surface area contributed by atoms with Crippen LogP contribution in [-0.4, -0.2) is 59.5 Å². The number of imidazole rings is 1. The fraction of sp³-hybridized carbons (Fsp3) is 0.394. The molecule has 13 heteroatoms. The maximum absolute atomic E-state index is 14.2. The molecular formula is C33H34F3N7O2Sn. The molecule has 2 aliphatic carbocycles. The zero-order valence-corrected chi connectivity index (χ0v) is 29.2. The number of aryl methyl sites for hydroxylation is 1. The number of alkyl halides is 3. The molecule has 0 saturated heterocycles. The van der Waals surface area contributed by atoms with Crippen LogP contribution in [0.15, 0.2) is 47.7 Å². The van der Waals surface area contributed by atoms with Gasteiger partial charge in [-0.1, -0.05) is 0 Å². The summed E-state index contributed by atoms with van der Waals surface area (Å²) >= 11 is -2.92. The molecule has 4 aromatic heterocycles. The Labute approximate surface area is 267 Å². The minimum atomic E-state index is -4.52. The van der Waals surface area contributed by atoms with Crippen LogP contribution in [0.3, 0.4) is 0 Å². The van der Waals surface area contributed by atoms with Crippen LogP contribution in [0.5, 0.6) is 5.88 Å². The first-order chi connectivity index (χ1) is 21.8. The van der Waals surface area contributed by atoms with Crippen LogP contribution in [0, 0.1) is 6.92 Å². The number of pyridine rings is 1. The Bertz CT molecular complexity index is 2040. The van der Waals surface area contributed by atoms with E-state index in [1.807, 2.05) is 25.1 Å². The van der Waals surface area contributed by atoms with Crippen LogP contribution >= 0.6 is 0 Å². The van der Waals surface area contributed by atoms with E-state index in [2.05, 4.69) is 29.8 Å². The zero-order chi connectivity index (χ0) is 32.5. The minimum absolute atomic E-state index is 0.0286. The van der Waals surface area contributed by atoms with Crippen molar-refractivity contribution in [1.82, 2.24) is 34.1 Å². The summed E-state index contributed by atoms with van der Waals surface area (Å²) in [6, 6.07) is 9.23. The second-order valence-corrected chi connectivity index (χ2v) is 27.7. The Balaban J connectivity index is 1.35. The number of rotatable bonds is 8. The molecule has 9 nitrogen and oxygen atoms in total. The third-order valence-electron chi connectivity index (χ3n) is 8.68. The summed E-state index contributed by atoms with van der Waals surface area (Å²) in [7, 11) is 1.56. The summed E-state index contributed by atoms with van der Waals surface area (Å²) in [5.41, 5.74) is 3.15. The number of hydrogen-bond donors (Lipinski definition) is 0. The quantitative estimate of drug-likeness (QED) is 0.174. The number of aromatic nitrogens is 7. The van der Waals surface area contributed by atoms with Gasteiger partial charge in [-0.3, -0.25) is 0 Å². The molecule has 0 unspecified atom stereocenters. The van der Waals surface area contributed by atoms with Gasteiger partial charge >= 0.3 is 256 Å². The van der Waals surface area contributed by atoms with E-state index in [0.29, 0.717) is 34.3 Å². The van der Waals surface area contributed by atoms with Crippen LogP contribution in [-0.2, 0) is 12.7 Å². The number of benzene rings is 1. The first-order valence-electron chi connectivity index (χ1n) is 15.4. The van der Waals surface area contributed by atoms with Gasteiger partial charge in [0.05, 0.1) is 0 Å². The van der Waals surface area contributed by atoms with Gasteiger partial charge in [0.2, 0.25) is 0 Å². The van der Waals surface area contributed by atoms with E-state index in [9.17, 15) is 18.0 Å². The Morgan fingerprint density at radius 1 is 1.00 bits per heavy atom. The van der Waals surface area contributed by atoms with Crippen molar-refractivity contribution >= 4 is 33.0 Å². The molecule has 5 aromatic rings. The second-order valence-electron chi connectivity index (χ2n) is 13.3. The summed E-state index contributed by atoms with van der Waals surface area (Å²) in [4.78, 5) is 43.5. The van der Waals surface area contributed by atoms with Gasteiger partial charge in [0.25, 0.3) is 0 Å². The fourth-order valence-corrected chi connectivity index (χ4v) is 9.78. The number of nitrogens with zero attached hydrogens (tertiary/aromatic N) is 7. The van der Waals surface area contributed by atoms with E-state index in [-0.39, 0.29) is 24.1 Å². The molecule has 2 fully saturated rings. The van der Waals surface area contributed by atoms with Gasteiger partial charge in [-0.2, -0.15) is 13.2 Å². The SMILES string of the molecule is COc1ncnc(C2CC2)c1-c1nc(C)c2c[c]([Sn]([CH3])([CH3])[CH3])c(=O)n(Cc3ccc(-c4nc(C(F)(F)F)cn4C4CC4)cc3)c2n1. The van der Waals surface area contributed by atoms with E-state index in [1.54, 1.807) is 28.4 Å². The Morgan fingerprint density at radius 3 is 2.33 bits per heavy atom. The predicted octanol–water partition coefficient (Wildman–Crippen LogP) is 6.25. The van der Waals surface area contributed by atoms with Crippen LogP contribution < -0.4 is 13.9 Å². The summed E-state index contributed by atoms with van der Waals surface area (Å²) in [5, 5.41) is 0.802. The Morgan fingerprint density at radius 2 is 1.72 bits per heavy atom. The molecule has 7 rings (SSSR count). The average molecular weight is 736 g/mol. The molecule has 4 heterocycles. The molecule has 0 spiro atoms. The second kappa shape index (κ2) is 11.2. The molecule has 0 radical (unpaired) electrons. The summed E-state index contributed by atoms with van der Waals surface area (Å²) in [5.74, 6) is 1.38. The van der Waals surface area contributed by atoms with Crippen LogP contribution in [0.4, 0.5) is 13.2 Å². The zero-order valence-electron chi connectivity index (χ0n) is 26.3. The average Bonchev–Trinajstić information content (AvgIpc) is 3.95. The summed E-state index contributed by atoms with van der Waals surface area (Å²) < 4.78 is 50.3. The molecule has 2 aliphatic rings. The molecule has 0 amide bonds. The van der Waals surface area contributed by atoms with Gasteiger partial charge < -0.3 is 0 Å². The van der Waals surface area contributed by atoms with Crippen LogP contribution in [0.2, 0.25) is 14.8 Å². The molecule has 0 N–H and O–H groups in total. The predicted molar refractivity (Wildman–Crippen MR) is 171 cm³/mol. The van der Waals surface area contributed by atoms with Crippen molar-refractivity contribution in [2.24, 2.45) is 0 Å². The van der Waals surface area contributed by atoms with Crippen molar-refractivity contribution < 1.29 is 17.9 Å². The molecule has 0 aliphatic heterocycles. The molecule has 0 atom stereocenters. The van der Waals surface area contributed by atoms with E-state index in [4.69, 9.17) is 14.7 Å². The number of methoxy groups -OCH3 is 1. The first kappa shape index (κ1) is 30.8. The third kappa shape index (κ3) is 5.69. The number of fused-ring (bicyclic) bond motifs is 1.